The Morgan fingerprint density at radius 2 is 2.12 bits per heavy atom. The maximum absolute atomic E-state index is 12.9. The first-order valence-corrected chi connectivity index (χ1v) is 9.61. The summed E-state index contributed by atoms with van der Waals surface area (Å²) < 4.78 is 3.56. The molecule has 0 bridgehead atoms. The van der Waals surface area contributed by atoms with Gasteiger partial charge in [-0.25, -0.2) is 4.98 Å². The molecule has 7 heteroatoms. The minimum Gasteiger partial charge on any atom is -0.287 e. The number of rotatable bonds is 6. The van der Waals surface area contributed by atoms with Gasteiger partial charge < -0.3 is 0 Å². The molecule has 0 N–H and O–H groups in total. The lowest BCUT2D eigenvalue weighted by molar-refractivity contribution is 0.481. The van der Waals surface area contributed by atoms with Crippen LogP contribution in [0.5, 0.6) is 0 Å². The van der Waals surface area contributed by atoms with Gasteiger partial charge >= 0.3 is 0 Å². The SMILES string of the molecule is CC(C)CCn1c(SCc2cnn(C)c2)nc2cc(Cl)ccc2c1=O. The van der Waals surface area contributed by atoms with Gasteiger partial charge in [0.25, 0.3) is 5.56 Å². The second kappa shape index (κ2) is 7.62. The van der Waals surface area contributed by atoms with Crippen LogP contribution in [0, 0.1) is 5.92 Å². The summed E-state index contributed by atoms with van der Waals surface area (Å²) in [6.45, 7) is 4.97. The number of thioether (sulfide) groups is 1. The van der Waals surface area contributed by atoms with Gasteiger partial charge in [0.2, 0.25) is 0 Å². The number of nitrogens with zero attached hydrogens (tertiary/aromatic N) is 4. The fourth-order valence-electron chi connectivity index (χ4n) is 2.56. The van der Waals surface area contributed by atoms with Crippen molar-refractivity contribution >= 4 is 34.3 Å². The third-order valence-corrected chi connectivity index (χ3v) is 5.22. The summed E-state index contributed by atoms with van der Waals surface area (Å²) in [4.78, 5) is 17.6. The fraction of sp³-hybridized carbons (Fsp3) is 0.389. The maximum atomic E-state index is 12.9. The van der Waals surface area contributed by atoms with E-state index in [1.165, 1.54) is 0 Å². The molecule has 25 heavy (non-hydrogen) atoms. The van der Waals surface area contributed by atoms with Crippen molar-refractivity contribution < 1.29 is 0 Å². The fourth-order valence-corrected chi connectivity index (χ4v) is 3.67. The smallest absolute Gasteiger partial charge is 0.262 e. The van der Waals surface area contributed by atoms with Crippen LogP contribution in [0.4, 0.5) is 0 Å². The lowest BCUT2D eigenvalue weighted by Gasteiger charge is -2.14. The first-order valence-electron chi connectivity index (χ1n) is 8.24. The van der Waals surface area contributed by atoms with Gasteiger partial charge in [-0.05, 0) is 30.5 Å². The predicted molar refractivity (Wildman–Crippen MR) is 103 cm³/mol. The maximum Gasteiger partial charge on any atom is 0.262 e. The Morgan fingerprint density at radius 1 is 1.32 bits per heavy atom. The first-order chi connectivity index (χ1) is 11.9. The summed E-state index contributed by atoms with van der Waals surface area (Å²) in [5.74, 6) is 1.23. The minimum absolute atomic E-state index is 0.00370. The molecule has 0 unspecified atom stereocenters. The molecule has 0 saturated carbocycles. The quantitative estimate of drug-likeness (QED) is 0.479. The highest BCUT2D eigenvalue weighted by Crippen LogP contribution is 2.24. The Hall–Kier alpha value is -1.79. The Labute approximate surface area is 156 Å². The van der Waals surface area contributed by atoms with E-state index in [-0.39, 0.29) is 5.56 Å². The number of fused-ring (bicyclic) bond motifs is 1. The molecule has 132 valence electrons. The van der Waals surface area contributed by atoms with E-state index in [9.17, 15) is 4.79 Å². The molecule has 0 aliphatic rings. The Morgan fingerprint density at radius 3 is 2.80 bits per heavy atom. The summed E-state index contributed by atoms with van der Waals surface area (Å²) >= 11 is 7.63. The van der Waals surface area contributed by atoms with E-state index in [0.717, 1.165) is 17.1 Å². The monoisotopic (exact) mass is 376 g/mol. The summed E-state index contributed by atoms with van der Waals surface area (Å²) in [7, 11) is 1.89. The van der Waals surface area contributed by atoms with Crippen LogP contribution in [0.25, 0.3) is 10.9 Å². The zero-order valence-corrected chi connectivity index (χ0v) is 16.1. The van der Waals surface area contributed by atoms with Gasteiger partial charge in [0.15, 0.2) is 5.16 Å². The van der Waals surface area contributed by atoms with Crippen LogP contribution in [0.1, 0.15) is 25.8 Å². The van der Waals surface area contributed by atoms with E-state index in [4.69, 9.17) is 16.6 Å². The Kier molecular flexibility index (Phi) is 5.49. The third kappa shape index (κ3) is 4.25. The summed E-state index contributed by atoms with van der Waals surface area (Å²) in [5.41, 5.74) is 1.74. The van der Waals surface area contributed by atoms with Crippen LogP contribution in [0.3, 0.4) is 0 Å². The Bertz CT molecular complexity index is 948. The molecule has 0 spiro atoms. The van der Waals surface area contributed by atoms with Crippen molar-refractivity contribution in [3.8, 4) is 0 Å². The molecular formula is C18H21ClN4OS. The average Bonchev–Trinajstić information content (AvgIpc) is 2.97. The molecule has 0 fully saturated rings. The van der Waals surface area contributed by atoms with Crippen molar-refractivity contribution in [1.29, 1.82) is 0 Å². The van der Waals surface area contributed by atoms with Gasteiger partial charge in [-0.3, -0.25) is 14.0 Å². The van der Waals surface area contributed by atoms with Gasteiger partial charge in [0.05, 0.1) is 17.1 Å². The summed E-state index contributed by atoms with van der Waals surface area (Å²) in [6.07, 6.45) is 4.74. The second-order valence-electron chi connectivity index (χ2n) is 6.51. The highest BCUT2D eigenvalue weighted by molar-refractivity contribution is 7.98. The van der Waals surface area contributed by atoms with E-state index in [1.54, 1.807) is 39.2 Å². The van der Waals surface area contributed by atoms with Gasteiger partial charge in [0.1, 0.15) is 0 Å². The van der Waals surface area contributed by atoms with Crippen molar-refractivity contribution in [3.63, 3.8) is 0 Å². The number of halogens is 1. The zero-order valence-electron chi connectivity index (χ0n) is 14.6. The predicted octanol–water partition coefficient (Wildman–Crippen LogP) is 4.12. The van der Waals surface area contributed by atoms with Gasteiger partial charge in [-0.15, -0.1) is 0 Å². The molecular weight excluding hydrogens is 356 g/mol. The molecule has 0 aliphatic heterocycles. The molecule has 0 atom stereocenters. The molecule has 3 rings (SSSR count). The van der Waals surface area contributed by atoms with Crippen molar-refractivity contribution in [2.75, 3.05) is 0 Å². The van der Waals surface area contributed by atoms with Crippen molar-refractivity contribution in [2.45, 2.75) is 37.7 Å². The van der Waals surface area contributed by atoms with Crippen molar-refractivity contribution in [2.24, 2.45) is 13.0 Å². The molecule has 1 aromatic carbocycles. The summed E-state index contributed by atoms with van der Waals surface area (Å²) in [5, 5.41) is 6.11. The van der Waals surface area contributed by atoms with Crippen molar-refractivity contribution in [3.05, 3.63) is 51.5 Å². The number of hydrogen-bond donors (Lipinski definition) is 0. The lowest BCUT2D eigenvalue weighted by atomic mass is 10.1. The van der Waals surface area contributed by atoms with Crippen LogP contribution in [0.2, 0.25) is 5.02 Å². The van der Waals surface area contributed by atoms with E-state index >= 15 is 0 Å². The van der Waals surface area contributed by atoms with E-state index in [2.05, 4.69) is 18.9 Å². The van der Waals surface area contributed by atoms with Gasteiger partial charge in [-0.2, -0.15) is 5.10 Å². The summed E-state index contributed by atoms with van der Waals surface area (Å²) in [6, 6.07) is 5.25. The molecule has 5 nitrogen and oxygen atoms in total. The van der Waals surface area contributed by atoms with Crippen molar-refractivity contribution in [1.82, 2.24) is 19.3 Å². The molecule has 0 saturated heterocycles. The molecule has 2 heterocycles. The minimum atomic E-state index is -0.00370. The van der Waals surface area contributed by atoms with E-state index in [0.29, 0.717) is 34.1 Å². The first kappa shape index (κ1) is 18.0. The van der Waals surface area contributed by atoms with Crippen LogP contribution in [-0.2, 0) is 19.3 Å². The van der Waals surface area contributed by atoms with Gasteiger partial charge in [0, 0.05) is 36.1 Å². The van der Waals surface area contributed by atoms with Gasteiger partial charge in [-0.1, -0.05) is 37.2 Å². The number of hydrogen-bond acceptors (Lipinski definition) is 4. The highest BCUT2D eigenvalue weighted by Gasteiger charge is 2.13. The topological polar surface area (TPSA) is 52.7 Å². The van der Waals surface area contributed by atoms with Crippen LogP contribution >= 0.6 is 23.4 Å². The van der Waals surface area contributed by atoms with Crippen LogP contribution < -0.4 is 5.56 Å². The molecule has 0 radical (unpaired) electrons. The average molecular weight is 377 g/mol. The molecule has 2 aromatic heterocycles. The highest BCUT2D eigenvalue weighted by atomic mass is 35.5. The molecule has 0 amide bonds. The standard InChI is InChI=1S/C18H21ClN4OS/c1-12(2)6-7-23-17(24)15-5-4-14(19)8-16(15)21-18(23)25-11-13-9-20-22(3)10-13/h4-5,8-10,12H,6-7,11H2,1-3H3. The lowest BCUT2D eigenvalue weighted by Crippen LogP contribution is -2.24. The number of benzene rings is 1. The Balaban J connectivity index is 1.99. The molecule has 0 aliphatic carbocycles. The normalized spacial score (nSPS) is 11.6. The van der Waals surface area contributed by atoms with E-state index in [1.807, 2.05) is 19.4 Å². The van der Waals surface area contributed by atoms with Crippen LogP contribution in [0.15, 0.2) is 40.5 Å². The zero-order chi connectivity index (χ0) is 18.0. The number of aryl methyl sites for hydroxylation is 1. The molecule has 3 aromatic rings. The second-order valence-corrected chi connectivity index (χ2v) is 7.89. The van der Waals surface area contributed by atoms with E-state index < -0.39 is 0 Å². The third-order valence-electron chi connectivity index (χ3n) is 3.94. The largest absolute Gasteiger partial charge is 0.287 e. The number of aromatic nitrogens is 4. The van der Waals surface area contributed by atoms with Crippen LogP contribution in [-0.4, -0.2) is 19.3 Å².